The van der Waals surface area contributed by atoms with E-state index in [0.717, 1.165) is 16.7 Å². The molecule has 2 aliphatic rings. The zero-order chi connectivity index (χ0) is 21.1. The number of carbonyl (C=O) groups excluding carboxylic acids is 2. The van der Waals surface area contributed by atoms with Gasteiger partial charge < -0.3 is 24.2 Å². The van der Waals surface area contributed by atoms with Gasteiger partial charge in [0, 0.05) is 57.9 Å². The van der Waals surface area contributed by atoms with Crippen molar-refractivity contribution in [1.82, 2.24) is 19.4 Å². The zero-order valence-corrected chi connectivity index (χ0v) is 16.8. The molecular weight excluding hydrogens is 384 g/mol. The topological polar surface area (TPSA) is 87.9 Å². The number of pyridine rings is 1. The summed E-state index contributed by atoms with van der Waals surface area (Å²) in [7, 11) is 1.94. The molecule has 156 valence electrons. The normalized spacial score (nSPS) is 15.9. The van der Waals surface area contributed by atoms with Gasteiger partial charge in [-0.1, -0.05) is 0 Å². The highest BCUT2D eigenvalue weighted by Crippen LogP contribution is 2.28. The molecule has 0 radical (unpaired) electrons. The lowest BCUT2D eigenvalue weighted by Gasteiger charge is -2.23. The minimum atomic E-state index is -0.160. The summed E-state index contributed by atoms with van der Waals surface area (Å²) in [5.41, 5.74) is 3.60. The summed E-state index contributed by atoms with van der Waals surface area (Å²) in [6, 6.07) is 5.32. The predicted molar refractivity (Wildman–Crippen MR) is 111 cm³/mol. The average molecular weight is 408 g/mol. The number of amides is 2. The first-order valence-corrected chi connectivity index (χ1v) is 9.82. The number of ether oxygens (including phenoxy) is 1. The smallest absolute Gasteiger partial charge is 0.259 e. The Morgan fingerprint density at radius 2 is 1.90 bits per heavy atom. The molecule has 0 atom stereocenters. The fourth-order valence-electron chi connectivity index (χ4n) is 3.76. The van der Waals surface area contributed by atoms with E-state index in [1.54, 1.807) is 34.2 Å². The first kappa shape index (κ1) is 19.9. The minimum Gasteiger partial charge on any atom is -0.475 e. The Morgan fingerprint density at radius 3 is 2.57 bits per heavy atom. The Bertz CT molecular complexity index is 1010. The van der Waals surface area contributed by atoms with Crippen LogP contribution in [0.25, 0.3) is 6.08 Å². The van der Waals surface area contributed by atoms with Gasteiger partial charge in [-0.25, -0.2) is 4.98 Å². The number of aryl methyl sites for hydroxylation is 1. The lowest BCUT2D eigenvalue weighted by atomic mass is 10.2. The van der Waals surface area contributed by atoms with Crippen LogP contribution >= 0.6 is 0 Å². The third-order valence-electron chi connectivity index (χ3n) is 5.23. The number of aromatic nitrogens is 2. The summed E-state index contributed by atoms with van der Waals surface area (Å²) >= 11 is 0. The summed E-state index contributed by atoms with van der Waals surface area (Å²) in [4.78, 5) is 33.1. The van der Waals surface area contributed by atoms with Crippen molar-refractivity contribution in [3.05, 3.63) is 65.1 Å². The monoisotopic (exact) mass is 408 g/mol. The van der Waals surface area contributed by atoms with Crippen molar-refractivity contribution in [3.63, 3.8) is 0 Å². The summed E-state index contributed by atoms with van der Waals surface area (Å²) in [5, 5.41) is 8.96. The highest BCUT2D eigenvalue weighted by atomic mass is 16.5. The van der Waals surface area contributed by atoms with Crippen LogP contribution < -0.4 is 4.74 Å². The van der Waals surface area contributed by atoms with E-state index in [-0.39, 0.29) is 30.9 Å². The van der Waals surface area contributed by atoms with E-state index >= 15 is 0 Å². The van der Waals surface area contributed by atoms with Crippen LogP contribution in [0.15, 0.2) is 54.0 Å². The summed E-state index contributed by atoms with van der Waals surface area (Å²) in [6.45, 7) is 2.01. The number of aliphatic hydroxyl groups excluding tert-OH is 1. The number of aliphatic hydroxyl groups is 1. The standard InChI is InChI=1S/C22H24N4O4/c1-24-8-6-16(11-24)4-5-20(28)25-12-17-14-26(15-18(17)13-25)22(29)19-3-2-7-23-21(19)30-10-9-27/h2-8,11,27H,9-10,12-15H2,1H3/b5-4+. The molecule has 8 heteroatoms. The molecule has 0 saturated carbocycles. The fraction of sp³-hybridized carbons (Fsp3) is 0.318. The van der Waals surface area contributed by atoms with E-state index in [2.05, 4.69) is 4.98 Å². The Labute approximate surface area is 174 Å². The Kier molecular flexibility index (Phi) is 5.67. The van der Waals surface area contributed by atoms with Crippen molar-refractivity contribution < 1.29 is 19.4 Å². The van der Waals surface area contributed by atoms with Gasteiger partial charge in [0.15, 0.2) is 0 Å². The quantitative estimate of drug-likeness (QED) is 0.571. The van der Waals surface area contributed by atoms with E-state index in [9.17, 15) is 9.59 Å². The van der Waals surface area contributed by atoms with Gasteiger partial charge in [0.1, 0.15) is 12.2 Å². The van der Waals surface area contributed by atoms with Crippen molar-refractivity contribution in [2.45, 2.75) is 0 Å². The van der Waals surface area contributed by atoms with E-state index in [1.165, 1.54) is 0 Å². The van der Waals surface area contributed by atoms with E-state index in [0.29, 0.717) is 31.7 Å². The molecule has 0 aromatic carbocycles. The molecule has 4 rings (SSSR count). The van der Waals surface area contributed by atoms with Crippen LogP contribution in [0.5, 0.6) is 5.88 Å². The summed E-state index contributed by atoms with van der Waals surface area (Å²) < 4.78 is 7.32. The molecule has 8 nitrogen and oxygen atoms in total. The SMILES string of the molecule is Cn1ccc(/C=C/C(=O)N2CC3=C(C2)CN(C(=O)c2cccnc2OCCO)C3)c1. The first-order chi connectivity index (χ1) is 14.5. The molecule has 2 aliphatic heterocycles. The van der Waals surface area contributed by atoms with Gasteiger partial charge in [-0.15, -0.1) is 0 Å². The van der Waals surface area contributed by atoms with Crippen LogP contribution in [-0.2, 0) is 11.8 Å². The third-order valence-corrected chi connectivity index (χ3v) is 5.23. The molecule has 0 bridgehead atoms. The van der Waals surface area contributed by atoms with Crippen LogP contribution in [0, 0.1) is 0 Å². The van der Waals surface area contributed by atoms with Crippen LogP contribution in [0.4, 0.5) is 0 Å². The molecule has 30 heavy (non-hydrogen) atoms. The second-order valence-corrected chi connectivity index (χ2v) is 7.43. The lowest BCUT2D eigenvalue weighted by molar-refractivity contribution is -0.124. The number of carbonyl (C=O) groups is 2. The van der Waals surface area contributed by atoms with Gasteiger partial charge in [-0.05, 0) is 41.0 Å². The summed E-state index contributed by atoms with van der Waals surface area (Å²) in [5.74, 6) is 0.0387. The van der Waals surface area contributed by atoms with Gasteiger partial charge in [0.2, 0.25) is 11.8 Å². The Hall–Kier alpha value is -3.39. The molecule has 1 N–H and O–H groups in total. The van der Waals surface area contributed by atoms with E-state index < -0.39 is 0 Å². The molecule has 2 amide bonds. The summed E-state index contributed by atoms with van der Waals surface area (Å²) in [6.07, 6.45) is 8.85. The molecule has 0 fully saturated rings. The maximum atomic E-state index is 13.0. The molecule has 2 aromatic rings. The maximum Gasteiger partial charge on any atom is 0.259 e. The van der Waals surface area contributed by atoms with Crippen LogP contribution in [0.1, 0.15) is 15.9 Å². The van der Waals surface area contributed by atoms with Crippen LogP contribution in [-0.4, -0.2) is 75.7 Å². The first-order valence-electron chi connectivity index (χ1n) is 9.82. The third kappa shape index (κ3) is 4.13. The van der Waals surface area contributed by atoms with Gasteiger partial charge in [-0.2, -0.15) is 0 Å². The number of hydrogen-bond acceptors (Lipinski definition) is 5. The Morgan fingerprint density at radius 1 is 1.17 bits per heavy atom. The van der Waals surface area contributed by atoms with E-state index in [4.69, 9.17) is 9.84 Å². The fourth-order valence-corrected chi connectivity index (χ4v) is 3.76. The lowest BCUT2D eigenvalue weighted by Crippen LogP contribution is -2.36. The van der Waals surface area contributed by atoms with Gasteiger partial charge >= 0.3 is 0 Å². The van der Waals surface area contributed by atoms with Gasteiger partial charge in [0.25, 0.3) is 5.91 Å². The van der Waals surface area contributed by atoms with Gasteiger partial charge in [0.05, 0.1) is 6.61 Å². The minimum absolute atomic E-state index is 0.0296. The predicted octanol–water partition coefficient (Wildman–Crippen LogP) is 1.10. The van der Waals surface area contributed by atoms with Crippen molar-refractivity contribution >= 4 is 17.9 Å². The second-order valence-electron chi connectivity index (χ2n) is 7.43. The largest absolute Gasteiger partial charge is 0.475 e. The van der Waals surface area contributed by atoms with E-state index in [1.807, 2.05) is 36.2 Å². The van der Waals surface area contributed by atoms with Crippen LogP contribution in [0.3, 0.4) is 0 Å². The molecule has 2 aromatic heterocycles. The molecule has 4 heterocycles. The van der Waals surface area contributed by atoms with Crippen molar-refractivity contribution in [2.24, 2.45) is 7.05 Å². The van der Waals surface area contributed by atoms with Gasteiger partial charge in [-0.3, -0.25) is 9.59 Å². The molecule has 0 unspecified atom stereocenters. The van der Waals surface area contributed by atoms with Crippen LogP contribution in [0.2, 0.25) is 0 Å². The Balaban J connectivity index is 1.35. The zero-order valence-electron chi connectivity index (χ0n) is 16.8. The molecule has 0 spiro atoms. The number of hydrogen-bond donors (Lipinski definition) is 1. The molecule has 0 saturated heterocycles. The van der Waals surface area contributed by atoms with Crippen molar-refractivity contribution in [3.8, 4) is 5.88 Å². The average Bonchev–Trinajstić information content (AvgIpc) is 3.45. The maximum absolute atomic E-state index is 13.0. The highest BCUT2D eigenvalue weighted by molar-refractivity contribution is 5.97. The molecular formula is C22H24N4O4. The second kappa shape index (κ2) is 8.54. The van der Waals surface area contributed by atoms with Crippen molar-refractivity contribution in [2.75, 3.05) is 39.4 Å². The highest BCUT2D eigenvalue weighted by Gasteiger charge is 2.34. The molecule has 0 aliphatic carbocycles. The number of nitrogens with zero attached hydrogens (tertiary/aromatic N) is 4. The number of rotatable bonds is 6. The van der Waals surface area contributed by atoms with Crippen molar-refractivity contribution in [1.29, 1.82) is 0 Å².